The third-order valence-electron chi connectivity index (χ3n) is 7.73. The Bertz CT molecular complexity index is 1410. The summed E-state index contributed by atoms with van der Waals surface area (Å²) in [6.07, 6.45) is 5.90. The molecule has 3 aromatic heterocycles. The Labute approximate surface area is 211 Å². The summed E-state index contributed by atoms with van der Waals surface area (Å²) in [4.78, 5) is 47.7. The van der Waals surface area contributed by atoms with Gasteiger partial charge in [0.1, 0.15) is 25.1 Å². The number of ether oxygens (including phenoxy) is 1. The lowest BCUT2D eigenvalue weighted by atomic mass is 9.85. The molecule has 3 saturated heterocycles. The number of amides is 2. The molecule has 3 aromatic rings. The van der Waals surface area contributed by atoms with Gasteiger partial charge in [0.25, 0.3) is 0 Å². The summed E-state index contributed by atoms with van der Waals surface area (Å²) in [5, 5.41) is 16.5. The number of carbonyl (C=O) groups is 3. The molecule has 37 heavy (non-hydrogen) atoms. The van der Waals surface area contributed by atoms with Crippen LogP contribution in [0.4, 0.5) is 10.6 Å². The number of ketones is 1. The van der Waals surface area contributed by atoms with Gasteiger partial charge in [-0.25, -0.2) is 9.78 Å². The maximum atomic E-state index is 12.7. The van der Waals surface area contributed by atoms with Crippen molar-refractivity contribution in [2.24, 2.45) is 0 Å². The predicted octanol–water partition coefficient (Wildman–Crippen LogP) is 1.59. The van der Waals surface area contributed by atoms with E-state index in [0.717, 1.165) is 18.4 Å². The van der Waals surface area contributed by atoms with Gasteiger partial charge in [-0.2, -0.15) is 9.61 Å². The number of alkyl carbamates (subject to hydrolysis) is 1. The molecular weight excluding hydrogens is 478 g/mol. The Morgan fingerprint density at radius 2 is 1.97 bits per heavy atom. The lowest BCUT2D eigenvalue weighted by Gasteiger charge is -2.39. The third-order valence-corrected chi connectivity index (χ3v) is 7.73. The van der Waals surface area contributed by atoms with Crippen molar-refractivity contribution in [3.05, 3.63) is 41.5 Å². The number of Topliss-reactive ketones (excluding diaryl/α,β-unsaturated/α-hetero) is 1. The van der Waals surface area contributed by atoms with Gasteiger partial charge in [-0.3, -0.25) is 14.6 Å². The van der Waals surface area contributed by atoms with Crippen LogP contribution in [0.1, 0.15) is 66.3 Å². The first-order valence-corrected chi connectivity index (χ1v) is 12.3. The number of piperidine rings is 1. The number of hydrogen-bond donors (Lipinski definition) is 3. The minimum Gasteiger partial charge on any atom is -0.447 e. The molecule has 2 bridgehead atoms. The van der Waals surface area contributed by atoms with Gasteiger partial charge in [0.15, 0.2) is 11.4 Å². The van der Waals surface area contributed by atoms with E-state index in [-0.39, 0.29) is 48.2 Å². The highest BCUT2D eigenvalue weighted by molar-refractivity contribution is 6.00. The summed E-state index contributed by atoms with van der Waals surface area (Å²) in [6, 6.07) is 3.40. The molecule has 0 spiro atoms. The fourth-order valence-electron chi connectivity index (χ4n) is 6.10. The molecule has 3 unspecified atom stereocenters. The average Bonchev–Trinajstić information content (AvgIpc) is 3.59. The zero-order chi connectivity index (χ0) is 25.8. The minimum atomic E-state index is -0.500. The van der Waals surface area contributed by atoms with Crippen LogP contribution in [0.2, 0.25) is 0 Å². The summed E-state index contributed by atoms with van der Waals surface area (Å²) in [5.74, 6) is -0.263. The van der Waals surface area contributed by atoms with Crippen LogP contribution >= 0.6 is 0 Å². The highest BCUT2D eigenvalue weighted by Crippen LogP contribution is 2.44. The number of anilines is 1. The topological polar surface area (TPSA) is 165 Å². The molecule has 3 fully saturated rings. The summed E-state index contributed by atoms with van der Waals surface area (Å²) in [7, 11) is 0. The number of aromatic nitrogens is 4. The smallest absolute Gasteiger partial charge is 0.407 e. The first kappa shape index (κ1) is 23.3. The maximum absolute atomic E-state index is 12.7. The van der Waals surface area contributed by atoms with Gasteiger partial charge < -0.3 is 25.8 Å². The molecule has 3 atom stereocenters. The van der Waals surface area contributed by atoms with Crippen LogP contribution in [0, 0.1) is 0 Å². The van der Waals surface area contributed by atoms with Gasteiger partial charge in [0, 0.05) is 35.3 Å². The molecule has 192 valence electrons. The standard InChI is InChI=1S/C25H27N7O5/c1-12(34)21-22(14-6-15-3-4-16(7-14)31(15)20(35)10-33)30-24-17(9-28-32(24)23(21)26)13-2-5-18(27-8-13)19-11-37-25(36)29-19/h2,5,8-9,14-16,19,33H,3-4,6-7,10-11,26H2,1H3,(H,29,36). The van der Waals surface area contributed by atoms with Crippen LogP contribution < -0.4 is 11.1 Å². The van der Waals surface area contributed by atoms with E-state index in [2.05, 4.69) is 15.4 Å². The number of aliphatic hydroxyl groups is 1. The van der Waals surface area contributed by atoms with Crippen LogP contribution in [0.5, 0.6) is 0 Å². The number of fused-ring (bicyclic) bond motifs is 3. The van der Waals surface area contributed by atoms with Gasteiger partial charge in [-0.15, -0.1) is 0 Å². The van der Waals surface area contributed by atoms with Crippen molar-refractivity contribution >= 4 is 29.2 Å². The first-order chi connectivity index (χ1) is 17.9. The Hall–Kier alpha value is -4.06. The van der Waals surface area contributed by atoms with Crippen molar-refractivity contribution in [2.45, 2.75) is 56.7 Å². The van der Waals surface area contributed by atoms with Gasteiger partial charge in [-0.1, -0.05) is 6.07 Å². The number of pyridine rings is 1. The molecule has 0 aromatic carbocycles. The number of nitrogen functional groups attached to an aromatic ring is 1. The molecule has 3 aliphatic rings. The van der Waals surface area contributed by atoms with Crippen LogP contribution in [0.3, 0.4) is 0 Å². The summed E-state index contributed by atoms with van der Waals surface area (Å²) < 4.78 is 6.43. The fourth-order valence-corrected chi connectivity index (χ4v) is 6.10. The Balaban J connectivity index is 1.38. The molecule has 4 N–H and O–H groups in total. The lowest BCUT2D eigenvalue weighted by molar-refractivity contribution is -0.138. The van der Waals surface area contributed by atoms with E-state index < -0.39 is 12.7 Å². The summed E-state index contributed by atoms with van der Waals surface area (Å²) >= 11 is 0. The normalized spacial score (nSPS) is 24.8. The zero-order valence-electron chi connectivity index (χ0n) is 20.3. The van der Waals surface area contributed by atoms with E-state index in [0.29, 0.717) is 41.0 Å². The van der Waals surface area contributed by atoms with E-state index in [9.17, 15) is 19.5 Å². The van der Waals surface area contributed by atoms with Crippen molar-refractivity contribution < 1.29 is 24.2 Å². The molecule has 0 radical (unpaired) electrons. The van der Waals surface area contributed by atoms with E-state index in [1.165, 1.54) is 11.4 Å². The molecule has 6 rings (SSSR count). The molecule has 0 saturated carbocycles. The van der Waals surface area contributed by atoms with Gasteiger partial charge in [0.05, 0.1) is 23.1 Å². The summed E-state index contributed by atoms with van der Waals surface area (Å²) in [6.45, 7) is 1.20. The number of nitrogens with zero attached hydrogens (tertiary/aromatic N) is 5. The van der Waals surface area contributed by atoms with Gasteiger partial charge >= 0.3 is 6.09 Å². The number of nitrogens with one attached hydrogen (secondary N) is 1. The first-order valence-electron chi connectivity index (χ1n) is 12.3. The van der Waals surface area contributed by atoms with Crippen LogP contribution in [0.25, 0.3) is 16.8 Å². The Morgan fingerprint density at radius 3 is 2.57 bits per heavy atom. The maximum Gasteiger partial charge on any atom is 0.407 e. The lowest BCUT2D eigenvalue weighted by Crippen LogP contribution is -2.47. The van der Waals surface area contributed by atoms with Crippen molar-refractivity contribution in [1.29, 1.82) is 0 Å². The molecule has 6 heterocycles. The third kappa shape index (κ3) is 3.79. The van der Waals surface area contributed by atoms with E-state index in [1.54, 1.807) is 17.3 Å². The number of hydrogen-bond acceptors (Lipinski definition) is 9. The SMILES string of the molecule is CC(=O)c1c(C2CC3CCC(C2)N3C(=O)CO)nc2c(-c3ccc(C4COC(=O)N4)nc3)cnn2c1N. The molecule has 2 amide bonds. The highest BCUT2D eigenvalue weighted by atomic mass is 16.6. The van der Waals surface area contributed by atoms with Crippen LogP contribution in [-0.2, 0) is 9.53 Å². The van der Waals surface area contributed by atoms with Gasteiger partial charge in [-0.05, 0) is 38.7 Å². The number of nitrogens with two attached hydrogens (primary N) is 1. The van der Waals surface area contributed by atoms with Crippen LogP contribution in [0.15, 0.2) is 24.5 Å². The fraction of sp³-hybridized carbons (Fsp3) is 0.440. The number of rotatable bonds is 5. The predicted molar refractivity (Wildman–Crippen MR) is 131 cm³/mol. The molecule has 3 aliphatic heterocycles. The summed E-state index contributed by atoms with van der Waals surface area (Å²) in [5.41, 5.74) is 10.2. The molecule has 0 aliphatic carbocycles. The Morgan fingerprint density at radius 1 is 1.22 bits per heavy atom. The van der Waals surface area contributed by atoms with Crippen LogP contribution in [-0.4, -0.2) is 72.7 Å². The number of carbonyl (C=O) groups excluding carboxylic acids is 3. The largest absolute Gasteiger partial charge is 0.447 e. The van der Waals surface area contributed by atoms with Crippen molar-refractivity contribution in [1.82, 2.24) is 29.8 Å². The molecule has 12 nitrogen and oxygen atoms in total. The second kappa shape index (κ2) is 8.80. The zero-order valence-corrected chi connectivity index (χ0v) is 20.3. The van der Waals surface area contributed by atoms with E-state index in [4.69, 9.17) is 15.5 Å². The Kier molecular flexibility index (Phi) is 5.55. The van der Waals surface area contributed by atoms with Crippen molar-refractivity contribution in [3.63, 3.8) is 0 Å². The van der Waals surface area contributed by atoms with E-state index in [1.807, 2.05) is 12.1 Å². The van der Waals surface area contributed by atoms with Gasteiger partial charge in [0.2, 0.25) is 5.91 Å². The van der Waals surface area contributed by atoms with Crippen molar-refractivity contribution in [2.75, 3.05) is 18.9 Å². The number of cyclic esters (lactones) is 1. The minimum absolute atomic E-state index is 0.00337. The quantitative estimate of drug-likeness (QED) is 0.437. The molecule has 12 heteroatoms. The van der Waals surface area contributed by atoms with Crippen molar-refractivity contribution in [3.8, 4) is 11.1 Å². The molecular formula is C25H27N7O5. The second-order valence-corrected chi connectivity index (χ2v) is 9.89. The average molecular weight is 506 g/mol. The highest BCUT2D eigenvalue weighted by Gasteiger charge is 2.44. The van der Waals surface area contributed by atoms with E-state index >= 15 is 0 Å². The monoisotopic (exact) mass is 505 g/mol. The second-order valence-electron chi connectivity index (χ2n) is 9.89. The number of aliphatic hydroxyl groups excluding tert-OH is 1.